The third-order valence-corrected chi connectivity index (χ3v) is 6.37. The van der Waals surface area contributed by atoms with Crippen molar-refractivity contribution in [1.29, 1.82) is 0 Å². The topological polar surface area (TPSA) is 61.8 Å². The van der Waals surface area contributed by atoms with Gasteiger partial charge in [0.05, 0.1) is 24.7 Å². The van der Waals surface area contributed by atoms with Crippen molar-refractivity contribution in [3.8, 4) is 5.75 Å². The fraction of sp³-hybridized carbons (Fsp3) is 0.565. The van der Waals surface area contributed by atoms with E-state index in [1.54, 1.807) is 18.4 Å². The number of benzene rings is 1. The molecule has 3 rings (SSSR count). The molecule has 0 spiro atoms. The quantitative estimate of drug-likeness (QED) is 0.469. The molecule has 0 aliphatic carbocycles. The smallest absolute Gasteiger partial charge is 0.191 e. The van der Waals surface area contributed by atoms with Crippen LogP contribution in [0.1, 0.15) is 47.7 Å². The summed E-state index contributed by atoms with van der Waals surface area (Å²) >= 11 is 1.76. The lowest BCUT2D eigenvalue weighted by molar-refractivity contribution is 0.165. The lowest BCUT2D eigenvalue weighted by Crippen LogP contribution is -2.40. The molecule has 1 aliphatic rings. The van der Waals surface area contributed by atoms with Crippen LogP contribution in [0.2, 0.25) is 0 Å². The van der Waals surface area contributed by atoms with E-state index >= 15 is 0 Å². The molecule has 1 fully saturated rings. The molecule has 1 saturated heterocycles. The van der Waals surface area contributed by atoms with Gasteiger partial charge in [-0.3, -0.25) is 9.89 Å². The summed E-state index contributed by atoms with van der Waals surface area (Å²) in [7, 11) is 1.75. The number of aromatic nitrogens is 1. The van der Waals surface area contributed by atoms with Crippen LogP contribution in [0, 0.1) is 6.92 Å². The van der Waals surface area contributed by atoms with E-state index in [4.69, 9.17) is 9.73 Å². The molecule has 0 bridgehead atoms. The Kier molecular flexibility index (Phi) is 8.96. The SMILES string of the molecule is CCNC(=NCC(c1ccccc1OC)N1CCCCC1)NCCc1ncc(C)s1. The number of nitrogens with one attached hydrogen (secondary N) is 2. The minimum absolute atomic E-state index is 0.221. The summed E-state index contributed by atoms with van der Waals surface area (Å²) in [5, 5.41) is 8.02. The van der Waals surface area contributed by atoms with Gasteiger partial charge in [0.2, 0.25) is 0 Å². The molecule has 1 aromatic heterocycles. The molecule has 0 amide bonds. The van der Waals surface area contributed by atoms with Gasteiger partial charge >= 0.3 is 0 Å². The van der Waals surface area contributed by atoms with Crippen LogP contribution in [0.5, 0.6) is 5.75 Å². The number of piperidine rings is 1. The van der Waals surface area contributed by atoms with E-state index in [0.29, 0.717) is 6.54 Å². The predicted octanol–water partition coefficient (Wildman–Crippen LogP) is 3.78. The maximum atomic E-state index is 5.68. The van der Waals surface area contributed by atoms with E-state index in [9.17, 15) is 0 Å². The number of para-hydroxylation sites is 1. The number of methoxy groups -OCH3 is 1. The number of nitrogens with zero attached hydrogens (tertiary/aromatic N) is 3. The Morgan fingerprint density at radius 1 is 1.23 bits per heavy atom. The number of hydrogen-bond acceptors (Lipinski definition) is 5. The number of thiazole rings is 1. The van der Waals surface area contributed by atoms with Gasteiger partial charge in [0.15, 0.2) is 5.96 Å². The molecule has 1 atom stereocenters. The fourth-order valence-electron chi connectivity index (χ4n) is 3.91. The summed E-state index contributed by atoms with van der Waals surface area (Å²) in [5.74, 6) is 1.81. The Hall–Kier alpha value is -2.12. The Labute approximate surface area is 184 Å². The molecule has 1 aromatic carbocycles. The normalized spacial score (nSPS) is 16.3. The maximum Gasteiger partial charge on any atom is 0.191 e. The van der Waals surface area contributed by atoms with Crippen molar-refractivity contribution < 1.29 is 4.74 Å². The van der Waals surface area contributed by atoms with Crippen molar-refractivity contribution in [3.05, 3.63) is 45.9 Å². The second-order valence-electron chi connectivity index (χ2n) is 7.62. The first kappa shape index (κ1) is 22.6. The summed E-state index contributed by atoms with van der Waals surface area (Å²) in [5.41, 5.74) is 1.22. The molecule has 30 heavy (non-hydrogen) atoms. The van der Waals surface area contributed by atoms with E-state index in [2.05, 4.69) is 52.6 Å². The molecule has 7 heteroatoms. The van der Waals surface area contributed by atoms with E-state index in [-0.39, 0.29) is 6.04 Å². The number of aliphatic imine (C=N–C) groups is 1. The summed E-state index contributed by atoms with van der Waals surface area (Å²) in [4.78, 5) is 13.2. The molecule has 1 aliphatic heterocycles. The van der Waals surface area contributed by atoms with Crippen LogP contribution in [-0.2, 0) is 6.42 Å². The third-order valence-electron chi connectivity index (χ3n) is 5.40. The number of aryl methyl sites for hydroxylation is 1. The third kappa shape index (κ3) is 6.44. The Morgan fingerprint density at radius 2 is 2.03 bits per heavy atom. The van der Waals surface area contributed by atoms with Gasteiger partial charge in [-0.05, 0) is 45.8 Å². The summed E-state index contributed by atoms with van der Waals surface area (Å²) in [6, 6.07) is 8.58. The van der Waals surface area contributed by atoms with E-state index in [1.807, 2.05) is 12.3 Å². The zero-order valence-corrected chi connectivity index (χ0v) is 19.3. The highest BCUT2D eigenvalue weighted by molar-refractivity contribution is 7.11. The van der Waals surface area contributed by atoms with Gasteiger partial charge in [0, 0.05) is 36.1 Å². The van der Waals surface area contributed by atoms with Crippen LogP contribution in [0.25, 0.3) is 0 Å². The van der Waals surface area contributed by atoms with Crippen LogP contribution in [0.15, 0.2) is 35.5 Å². The first-order valence-corrected chi connectivity index (χ1v) is 11.8. The first-order valence-electron chi connectivity index (χ1n) is 11.0. The van der Waals surface area contributed by atoms with Gasteiger partial charge in [0.1, 0.15) is 5.75 Å². The molecular weight excluding hydrogens is 394 g/mol. The molecular formula is C23H35N5OS. The second kappa shape index (κ2) is 11.9. The molecule has 0 saturated carbocycles. The minimum Gasteiger partial charge on any atom is -0.496 e. The van der Waals surface area contributed by atoms with Gasteiger partial charge in [0.25, 0.3) is 0 Å². The number of hydrogen-bond donors (Lipinski definition) is 2. The van der Waals surface area contributed by atoms with Crippen molar-refractivity contribution in [2.45, 2.75) is 45.6 Å². The highest BCUT2D eigenvalue weighted by atomic mass is 32.1. The van der Waals surface area contributed by atoms with Crippen LogP contribution >= 0.6 is 11.3 Å². The van der Waals surface area contributed by atoms with Gasteiger partial charge in [-0.25, -0.2) is 4.98 Å². The van der Waals surface area contributed by atoms with Crippen molar-refractivity contribution in [3.63, 3.8) is 0 Å². The monoisotopic (exact) mass is 429 g/mol. The molecule has 2 N–H and O–H groups in total. The minimum atomic E-state index is 0.221. The maximum absolute atomic E-state index is 5.68. The molecule has 1 unspecified atom stereocenters. The number of likely N-dealkylation sites (tertiary alicyclic amines) is 1. The Balaban J connectivity index is 1.70. The van der Waals surface area contributed by atoms with Crippen LogP contribution in [0.4, 0.5) is 0 Å². The summed E-state index contributed by atoms with van der Waals surface area (Å²) in [6.45, 7) is 8.79. The lowest BCUT2D eigenvalue weighted by atomic mass is 10.0. The van der Waals surface area contributed by atoms with Crippen LogP contribution in [0.3, 0.4) is 0 Å². The zero-order valence-electron chi connectivity index (χ0n) is 18.5. The van der Waals surface area contributed by atoms with Gasteiger partial charge in [-0.2, -0.15) is 0 Å². The average molecular weight is 430 g/mol. The molecule has 6 nitrogen and oxygen atoms in total. The Morgan fingerprint density at radius 3 is 2.73 bits per heavy atom. The fourth-order valence-corrected chi connectivity index (χ4v) is 4.69. The van der Waals surface area contributed by atoms with E-state index < -0.39 is 0 Å². The van der Waals surface area contributed by atoms with Crippen molar-refractivity contribution in [1.82, 2.24) is 20.5 Å². The standard InChI is InChI=1S/C23H35N5OS/c1-4-24-23(25-13-12-22-26-16-18(2)30-22)27-17-20(28-14-8-5-9-15-28)19-10-6-7-11-21(19)29-3/h6-7,10-11,16,20H,4-5,8-9,12-15,17H2,1-3H3,(H2,24,25,27). The summed E-state index contributed by atoms with van der Waals surface area (Å²) < 4.78 is 5.68. The lowest BCUT2D eigenvalue weighted by Gasteiger charge is -2.34. The zero-order chi connectivity index (χ0) is 21.2. The summed E-state index contributed by atoms with van der Waals surface area (Å²) in [6.07, 6.45) is 6.67. The second-order valence-corrected chi connectivity index (χ2v) is 8.93. The molecule has 0 radical (unpaired) electrons. The molecule has 2 aromatic rings. The number of rotatable bonds is 9. The molecule has 2 heterocycles. The highest BCUT2D eigenvalue weighted by Crippen LogP contribution is 2.31. The number of ether oxygens (including phenoxy) is 1. The van der Waals surface area contributed by atoms with Crippen molar-refractivity contribution in [2.75, 3.05) is 39.8 Å². The first-order chi connectivity index (χ1) is 14.7. The number of guanidine groups is 1. The van der Waals surface area contributed by atoms with E-state index in [1.165, 1.54) is 29.7 Å². The highest BCUT2D eigenvalue weighted by Gasteiger charge is 2.24. The average Bonchev–Trinajstić information content (AvgIpc) is 3.20. The predicted molar refractivity (Wildman–Crippen MR) is 126 cm³/mol. The van der Waals surface area contributed by atoms with Gasteiger partial charge in [-0.1, -0.05) is 24.6 Å². The van der Waals surface area contributed by atoms with E-state index in [0.717, 1.165) is 49.3 Å². The Bertz CT molecular complexity index is 800. The van der Waals surface area contributed by atoms with Crippen molar-refractivity contribution in [2.24, 2.45) is 4.99 Å². The largest absolute Gasteiger partial charge is 0.496 e. The van der Waals surface area contributed by atoms with Gasteiger partial charge in [-0.15, -0.1) is 11.3 Å². The van der Waals surface area contributed by atoms with Crippen LogP contribution < -0.4 is 15.4 Å². The van der Waals surface area contributed by atoms with Crippen LogP contribution in [-0.4, -0.2) is 55.7 Å². The van der Waals surface area contributed by atoms with Crippen molar-refractivity contribution >= 4 is 17.3 Å². The van der Waals surface area contributed by atoms with Gasteiger partial charge < -0.3 is 15.4 Å². The molecule has 164 valence electrons.